The van der Waals surface area contributed by atoms with Crippen molar-refractivity contribution in [1.82, 2.24) is 10.6 Å². The van der Waals surface area contributed by atoms with Crippen LogP contribution in [0.3, 0.4) is 0 Å². The summed E-state index contributed by atoms with van der Waals surface area (Å²) in [4.78, 5) is 42.8. The van der Waals surface area contributed by atoms with Crippen molar-refractivity contribution in [2.24, 2.45) is 5.73 Å². The second-order valence-electron chi connectivity index (χ2n) is 3.79. The molecular formula is C10H17N3O6. The van der Waals surface area contributed by atoms with Crippen molar-refractivity contribution in [2.45, 2.75) is 31.7 Å². The highest BCUT2D eigenvalue weighted by Gasteiger charge is 2.19. The number of hydrogen-bond donors (Lipinski definition) is 5. The summed E-state index contributed by atoms with van der Waals surface area (Å²) >= 11 is 0. The lowest BCUT2D eigenvalue weighted by Gasteiger charge is -2.14. The Bertz CT molecular complexity index is 357. The number of urea groups is 1. The number of carbonyl (C=O) groups is 4. The molecular weight excluding hydrogens is 258 g/mol. The first-order valence-corrected chi connectivity index (χ1v) is 5.60. The summed E-state index contributed by atoms with van der Waals surface area (Å²) in [6, 6.07) is -1.92. The van der Waals surface area contributed by atoms with Gasteiger partial charge in [0, 0.05) is 19.4 Å². The van der Waals surface area contributed by atoms with Crippen molar-refractivity contribution in [3.05, 3.63) is 0 Å². The first kappa shape index (κ1) is 16.7. The number of hydrogen-bond acceptors (Lipinski definition) is 4. The maximum absolute atomic E-state index is 11.3. The molecule has 19 heavy (non-hydrogen) atoms. The smallest absolute Gasteiger partial charge is 0.326 e. The number of amides is 3. The number of rotatable bonds is 9. The maximum atomic E-state index is 11.3. The van der Waals surface area contributed by atoms with Gasteiger partial charge >= 0.3 is 18.0 Å². The zero-order valence-corrected chi connectivity index (χ0v) is 10.2. The summed E-state index contributed by atoms with van der Waals surface area (Å²) in [6.45, 7) is 0.00261. The van der Waals surface area contributed by atoms with Gasteiger partial charge in [-0.05, 0) is 12.8 Å². The molecule has 0 aliphatic rings. The molecule has 0 aromatic carbocycles. The molecule has 9 heteroatoms. The van der Waals surface area contributed by atoms with Crippen molar-refractivity contribution >= 4 is 23.9 Å². The van der Waals surface area contributed by atoms with E-state index in [-0.39, 0.29) is 32.2 Å². The molecule has 6 N–H and O–H groups in total. The predicted molar refractivity (Wildman–Crippen MR) is 63.3 cm³/mol. The minimum Gasteiger partial charge on any atom is -0.481 e. The number of nitrogens with two attached hydrogens (primary N) is 1. The Morgan fingerprint density at radius 1 is 1.11 bits per heavy atom. The number of primary amides is 1. The average Bonchev–Trinajstić information content (AvgIpc) is 2.26. The minimum atomic E-state index is -1.25. The predicted octanol–water partition coefficient (Wildman–Crippen LogP) is -1.13. The van der Waals surface area contributed by atoms with Crippen LogP contribution in [0, 0.1) is 0 Å². The molecule has 3 amide bonds. The summed E-state index contributed by atoms with van der Waals surface area (Å²) in [5, 5.41) is 21.7. The lowest BCUT2D eigenvalue weighted by atomic mass is 10.1. The largest absolute Gasteiger partial charge is 0.481 e. The molecule has 0 bridgehead atoms. The summed E-state index contributed by atoms with van der Waals surface area (Å²) in [5.41, 5.74) is 4.86. The number of nitrogens with one attached hydrogen (secondary N) is 2. The van der Waals surface area contributed by atoms with Gasteiger partial charge in [0.1, 0.15) is 6.04 Å². The van der Waals surface area contributed by atoms with E-state index < -0.39 is 29.9 Å². The highest BCUT2D eigenvalue weighted by atomic mass is 16.4. The van der Waals surface area contributed by atoms with Crippen LogP contribution in [0.15, 0.2) is 0 Å². The van der Waals surface area contributed by atoms with E-state index in [2.05, 4.69) is 10.6 Å². The van der Waals surface area contributed by atoms with Crippen LogP contribution >= 0.6 is 0 Å². The molecule has 0 aliphatic carbocycles. The monoisotopic (exact) mass is 275 g/mol. The molecule has 0 aromatic rings. The van der Waals surface area contributed by atoms with Crippen molar-refractivity contribution in [2.75, 3.05) is 6.54 Å². The van der Waals surface area contributed by atoms with E-state index >= 15 is 0 Å². The highest BCUT2D eigenvalue weighted by Crippen LogP contribution is 2.01. The van der Waals surface area contributed by atoms with Crippen molar-refractivity contribution in [3.63, 3.8) is 0 Å². The Morgan fingerprint density at radius 2 is 1.74 bits per heavy atom. The van der Waals surface area contributed by atoms with Gasteiger partial charge in [-0.2, -0.15) is 0 Å². The fourth-order valence-electron chi connectivity index (χ4n) is 1.22. The third-order valence-corrected chi connectivity index (χ3v) is 2.14. The molecule has 0 rings (SSSR count). The molecule has 0 spiro atoms. The van der Waals surface area contributed by atoms with Crippen molar-refractivity contribution in [3.8, 4) is 0 Å². The van der Waals surface area contributed by atoms with Crippen LogP contribution in [-0.2, 0) is 14.4 Å². The van der Waals surface area contributed by atoms with Gasteiger partial charge in [0.25, 0.3) is 0 Å². The van der Waals surface area contributed by atoms with E-state index in [9.17, 15) is 19.2 Å². The van der Waals surface area contributed by atoms with Crippen LogP contribution < -0.4 is 16.4 Å². The summed E-state index contributed by atoms with van der Waals surface area (Å²) in [6.07, 6.45) is -0.0856. The zero-order valence-electron chi connectivity index (χ0n) is 10.2. The van der Waals surface area contributed by atoms with Gasteiger partial charge < -0.3 is 26.6 Å². The molecule has 0 heterocycles. The number of aliphatic carboxylic acids is 2. The molecule has 0 aromatic heterocycles. The van der Waals surface area contributed by atoms with Crippen LogP contribution in [0.5, 0.6) is 0 Å². The van der Waals surface area contributed by atoms with Gasteiger partial charge in [0.2, 0.25) is 5.91 Å². The van der Waals surface area contributed by atoms with Crippen LogP contribution in [0.1, 0.15) is 25.7 Å². The Hall–Kier alpha value is -2.32. The van der Waals surface area contributed by atoms with Gasteiger partial charge in [-0.15, -0.1) is 0 Å². The number of carboxylic acid groups (broad SMARTS) is 2. The Balaban J connectivity index is 4.04. The van der Waals surface area contributed by atoms with Gasteiger partial charge in [0.15, 0.2) is 0 Å². The van der Waals surface area contributed by atoms with E-state index in [1.807, 2.05) is 0 Å². The fourth-order valence-corrected chi connectivity index (χ4v) is 1.22. The van der Waals surface area contributed by atoms with Crippen LogP contribution in [-0.4, -0.2) is 46.7 Å². The van der Waals surface area contributed by atoms with E-state index in [0.29, 0.717) is 0 Å². The van der Waals surface area contributed by atoms with Crippen LogP contribution in [0.4, 0.5) is 4.79 Å². The normalized spacial score (nSPS) is 11.4. The Labute approximate surface area is 109 Å². The molecule has 0 saturated heterocycles. The topological polar surface area (TPSA) is 159 Å². The summed E-state index contributed by atoms with van der Waals surface area (Å²) in [7, 11) is 0. The van der Waals surface area contributed by atoms with E-state index in [1.165, 1.54) is 0 Å². The lowest BCUT2D eigenvalue weighted by molar-refractivity contribution is -0.140. The van der Waals surface area contributed by atoms with Crippen molar-refractivity contribution < 1.29 is 29.4 Å². The average molecular weight is 275 g/mol. The van der Waals surface area contributed by atoms with Gasteiger partial charge in [-0.1, -0.05) is 0 Å². The molecule has 0 fully saturated rings. The van der Waals surface area contributed by atoms with E-state index in [1.54, 1.807) is 0 Å². The molecule has 108 valence electrons. The molecule has 1 atom stereocenters. The van der Waals surface area contributed by atoms with Gasteiger partial charge in [0.05, 0.1) is 0 Å². The summed E-state index contributed by atoms with van der Waals surface area (Å²) in [5.74, 6) is -2.87. The Morgan fingerprint density at radius 3 is 2.21 bits per heavy atom. The molecule has 0 saturated carbocycles. The third kappa shape index (κ3) is 9.39. The lowest BCUT2D eigenvalue weighted by Crippen LogP contribution is -2.46. The first-order chi connectivity index (χ1) is 8.82. The van der Waals surface area contributed by atoms with Crippen LogP contribution in [0.25, 0.3) is 0 Å². The SMILES string of the molecule is NC(=O)CCNC(=O)N[C@H](CCCC(=O)O)C(=O)O. The first-order valence-electron chi connectivity index (χ1n) is 5.60. The van der Waals surface area contributed by atoms with Crippen LogP contribution in [0.2, 0.25) is 0 Å². The zero-order chi connectivity index (χ0) is 14.8. The quantitative estimate of drug-likeness (QED) is 0.358. The second-order valence-corrected chi connectivity index (χ2v) is 3.79. The number of carbonyl (C=O) groups excluding carboxylic acids is 2. The maximum Gasteiger partial charge on any atom is 0.326 e. The van der Waals surface area contributed by atoms with Crippen molar-refractivity contribution in [1.29, 1.82) is 0 Å². The second kappa shape index (κ2) is 8.72. The summed E-state index contributed by atoms with van der Waals surface area (Å²) < 4.78 is 0. The highest BCUT2D eigenvalue weighted by molar-refractivity contribution is 5.83. The molecule has 0 aliphatic heterocycles. The molecule has 0 radical (unpaired) electrons. The van der Waals surface area contributed by atoms with Gasteiger partial charge in [-0.25, -0.2) is 9.59 Å². The molecule has 0 unspecified atom stereocenters. The third-order valence-electron chi connectivity index (χ3n) is 2.14. The van der Waals surface area contributed by atoms with E-state index in [0.717, 1.165) is 0 Å². The standard InChI is InChI=1S/C10H17N3O6/c11-7(14)4-5-12-10(19)13-6(9(17)18)2-1-3-8(15)16/h6H,1-5H2,(H2,11,14)(H,15,16)(H,17,18)(H2,12,13,19)/t6-/m1/s1. The minimum absolute atomic E-state index is 0.00261. The number of carboxylic acids is 2. The Kier molecular flexibility index (Phi) is 7.66. The van der Waals surface area contributed by atoms with Gasteiger partial charge in [-0.3, -0.25) is 9.59 Å². The van der Waals surface area contributed by atoms with E-state index in [4.69, 9.17) is 15.9 Å². The fraction of sp³-hybridized carbons (Fsp3) is 0.600. The molecule has 9 nitrogen and oxygen atoms in total.